The van der Waals surface area contributed by atoms with Crippen molar-refractivity contribution in [2.24, 2.45) is 0 Å². The molecule has 1 unspecified atom stereocenters. The van der Waals surface area contributed by atoms with E-state index < -0.39 is 7.12 Å². The Bertz CT molecular complexity index is 986. The third-order valence-electron chi connectivity index (χ3n) is 4.46. The smallest absolute Gasteiger partial charge is 0.423 e. The van der Waals surface area contributed by atoms with Crippen molar-refractivity contribution in [2.75, 3.05) is 0 Å². The second-order valence-corrected chi connectivity index (χ2v) is 6.36. The zero-order valence-corrected chi connectivity index (χ0v) is 14.6. The Morgan fingerprint density at radius 3 is 2.04 bits per heavy atom. The van der Waals surface area contributed by atoms with E-state index in [2.05, 4.69) is 17.1 Å². The van der Waals surface area contributed by atoms with Crippen LogP contribution in [0, 0.1) is 0 Å². The molecule has 1 aliphatic rings. The number of aromatic nitrogens is 3. The van der Waals surface area contributed by atoms with Gasteiger partial charge in [-0.1, -0.05) is 78.9 Å². The van der Waals surface area contributed by atoms with Gasteiger partial charge in [-0.15, -0.1) is 0 Å². The number of rotatable bonds is 4. The Morgan fingerprint density at radius 1 is 0.778 bits per heavy atom. The van der Waals surface area contributed by atoms with E-state index in [4.69, 9.17) is 9.97 Å². The SMILES string of the molecule is OB(O)c1ccc(-c2nc(-c3ccccc3)nc(C3C=CC=CC3)n2)cc1. The second-order valence-electron chi connectivity index (χ2n) is 6.36. The Kier molecular flexibility index (Phi) is 4.92. The summed E-state index contributed by atoms with van der Waals surface area (Å²) in [4.78, 5) is 14.1. The highest BCUT2D eigenvalue weighted by Crippen LogP contribution is 2.26. The molecule has 0 bridgehead atoms. The van der Waals surface area contributed by atoms with Crippen LogP contribution in [0.15, 0.2) is 78.9 Å². The molecule has 0 spiro atoms. The van der Waals surface area contributed by atoms with Gasteiger partial charge in [0.15, 0.2) is 11.6 Å². The predicted molar refractivity (Wildman–Crippen MR) is 106 cm³/mol. The molecular weight excluding hydrogens is 337 g/mol. The maximum absolute atomic E-state index is 9.29. The van der Waals surface area contributed by atoms with E-state index in [9.17, 15) is 10.0 Å². The van der Waals surface area contributed by atoms with Crippen LogP contribution in [0.1, 0.15) is 18.2 Å². The molecular formula is C21H18BN3O2. The van der Waals surface area contributed by atoms with Crippen molar-refractivity contribution in [1.29, 1.82) is 0 Å². The van der Waals surface area contributed by atoms with Crippen LogP contribution < -0.4 is 5.46 Å². The van der Waals surface area contributed by atoms with Crippen LogP contribution in [0.3, 0.4) is 0 Å². The lowest BCUT2D eigenvalue weighted by Crippen LogP contribution is -2.29. The zero-order valence-electron chi connectivity index (χ0n) is 14.6. The van der Waals surface area contributed by atoms with Crippen molar-refractivity contribution in [2.45, 2.75) is 12.3 Å². The third-order valence-corrected chi connectivity index (χ3v) is 4.46. The van der Waals surface area contributed by atoms with Gasteiger partial charge in [-0.25, -0.2) is 15.0 Å². The number of nitrogens with zero attached hydrogens (tertiary/aromatic N) is 3. The monoisotopic (exact) mass is 355 g/mol. The average Bonchev–Trinajstić information content (AvgIpc) is 2.75. The Balaban J connectivity index is 1.80. The summed E-state index contributed by atoms with van der Waals surface area (Å²) in [7, 11) is -1.49. The molecule has 0 saturated carbocycles. The van der Waals surface area contributed by atoms with Crippen LogP contribution in [-0.4, -0.2) is 32.1 Å². The molecule has 132 valence electrons. The Hall–Kier alpha value is -3.09. The van der Waals surface area contributed by atoms with Gasteiger partial charge in [-0.2, -0.15) is 0 Å². The van der Waals surface area contributed by atoms with Crippen molar-refractivity contribution in [1.82, 2.24) is 15.0 Å². The molecule has 5 nitrogen and oxygen atoms in total. The average molecular weight is 355 g/mol. The van der Waals surface area contributed by atoms with Gasteiger partial charge < -0.3 is 10.0 Å². The maximum Gasteiger partial charge on any atom is 0.488 e. The van der Waals surface area contributed by atoms with Crippen molar-refractivity contribution in [3.8, 4) is 22.8 Å². The molecule has 1 atom stereocenters. The number of benzene rings is 2. The quantitative estimate of drug-likeness (QED) is 0.703. The summed E-state index contributed by atoms with van der Waals surface area (Å²) >= 11 is 0. The van der Waals surface area contributed by atoms with Gasteiger partial charge in [0.2, 0.25) is 0 Å². The first-order valence-electron chi connectivity index (χ1n) is 8.82. The molecule has 0 fully saturated rings. The van der Waals surface area contributed by atoms with Crippen LogP contribution in [0.4, 0.5) is 0 Å². The normalized spacial score (nSPS) is 15.7. The van der Waals surface area contributed by atoms with Gasteiger partial charge in [-0.3, -0.25) is 0 Å². The molecule has 2 aromatic carbocycles. The molecule has 0 radical (unpaired) electrons. The number of hydrogen-bond donors (Lipinski definition) is 2. The topological polar surface area (TPSA) is 79.1 Å². The number of hydrogen-bond acceptors (Lipinski definition) is 5. The lowest BCUT2D eigenvalue weighted by molar-refractivity contribution is 0.426. The minimum atomic E-state index is -1.49. The summed E-state index contributed by atoms with van der Waals surface area (Å²) in [5.74, 6) is 2.04. The molecule has 3 aromatic rings. The van der Waals surface area contributed by atoms with Crippen molar-refractivity contribution in [3.05, 3.63) is 84.7 Å². The molecule has 6 heteroatoms. The fraction of sp³-hybridized carbons (Fsp3) is 0.0952. The first kappa shape index (κ1) is 17.3. The first-order valence-corrected chi connectivity index (χ1v) is 8.82. The van der Waals surface area contributed by atoms with Gasteiger partial charge >= 0.3 is 7.12 Å². The minimum absolute atomic E-state index is 0.109. The van der Waals surface area contributed by atoms with Crippen molar-refractivity contribution < 1.29 is 10.0 Å². The maximum atomic E-state index is 9.29. The second kappa shape index (κ2) is 7.66. The largest absolute Gasteiger partial charge is 0.488 e. The lowest BCUT2D eigenvalue weighted by Gasteiger charge is -2.14. The molecule has 27 heavy (non-hydrogen) atoms. The minimum Gasteiger partial charge on any atom is -0.423 e. The van der Waals surface area contributed by atoms with Gasteiger partial charge in [0, 0.05) is 17.0 Å². The van der Waals surface area contributed by atoms with Crippen LogP contribution in [0.2, 0.25) is 0 Å². The number of allylic oxidation sites excluding steroid dienone is 4. The summed E-state index contributed by atoms with van der Waals surface area (Å²) in [6, 6.07) is 16.7. The molecule has 0 aliphatic heterocycles. The highest BCUT2D eigenvalue weighted by molar-refractivity contribution is 6.58. The highest BCUT2D eigenvalue weighted by Gasteiger charge is 2.17. The third kappa shape index (κ3) is 3.87. The molecule has 2 N–H and O–H groups in total. The lowest BCUT2D eigenvalue weighted by atomic mass is 9.80. The van der Waals surface area contributed by atoms with Crippen LogP contribution in [0.25, 0.3) is 22.8 Å². The summed E-state index contributed by atoms with van der Waals surface area (Å²) in [6.07, 6.45) is 9.09. The van der Waals surface area contributed by atoms with Crippen molar-refractivity contribution in [3.63, 3.8) is 0 Å². The summed E-state index contributed by atoms with van der Waals surface area (Å²) in [5, 5.41) is 18.6. The summed E-state index contributed by atoms with van der Waals surface area (Å²) < 4.78 is 0. The Labute approximate surface area is 157 Å². The van der Waals surface area contributed by atoms with Gasteiger partial charge in [0.1, 0.15) is 5.82 Å². The molecule has 0 amide bonds. The van der Waals surface area contributed by atoms with E-state index in [1.807, 2.05) is 42.5 Å². The molecule has 4 rings (SSSR count). The Morgan fingerprint density at radius 2 is 1.44 bits per heavy atom. The first-order chi connectivity index (χ1) is 13.2. The van der Waals surface area contributed by atoms with Crippen LogP contribution in [-0.2, 0) is 0 Å². The van der Waals surface area contributed by atoms with Crippen LogP contribution >= 0.6 is 0 Å². The fourth-order valence-corrected chi connectivity index (χ4v) is 2.98. The summed E-state index contributed by atoms with van der Waals surface area (Å²) in [6.45, 7) is 0. The fourth-order valence-electron chi connectivity index (χ4n) is 2.98. The molecule has 1 aliphatic carbocycles. The van der Waals surface area contributed by atoms with Crippen LogP contribution in [0.5, 0.6) is 0 Å². The molecule has 1 aromatic heterocycles. The molecule has 1 heterocycles. The van der Waals surface area contributed by atoms with Gasteiger partial charge in [0.05, 0.1) is 0 Å². The highest BCUT2D eigenvalue weighted by atomic mass is 16.4. The van der Waals surface area contributed by atoms with E-state index >= 15 is 0 Å². The van der Waals surface area contributed by atoms with E-state index in [-0.39, 0.29) is 5.92 Å². The van der Waals surface area contributed by atoms with E-state index in [0.29, 0.717) is 17.1 Å². The van der Waals surface area contributed by atoms with E-state index in [1.54, 1.807) is 24.3 Å². The summed E-state index contributed by atoms with van der Waals surface area (Å²) in [5.41, 5.74) is 2.16. The van der Waals surface area contributed by atoms with Gasteiger partial charge in [0.25, 0.3) is 0 Å². The molecule has 0 saturated heterocycles. The zero-order chi connectivity index (χ0) is 18.6. The predicted octanol–water partition coefficient (Wildman–Crippen LogP) is 2.49. The standard InChI is InChI=1S/C21H18BN3O2/c26-22(27)18-13-11-17(12-14-18)21-24-19(15-7-3-1-4-8-15)23-20(25-21)16-9-5-2-6-10-16/h1-9,11-14,16,26-27H,10H2. The van der Waals surface area contributed by atoms with E-state index in [0.717, 1.165) is 23.4 Å². The van der Waals surface area contributed by atoms with E-state index in [1.165, 1.54) is 0 Å². The van der Waals surface area contributed by atoms with Crippen molar-refractivity contribution >= 4 is 12.6 Å². The van der Waals surface area contributed by atoms with Gasteiger partial charge in [-0.05, 0) is 11.9 Å².